The molecule has 2 heterocycles. The van der Waals surface area contributed by atoms with E-state index in [0.29, 0.717) is 19.1 Å². The van der Waals surface area contributed by atoms with Crippen LogP contribution in [-0.2, 0) is 9.53 Å². The van der Waals surface area contributed by atoms with Gasteiger partial charge in [0.05, 0.1) is 18.6 Å². The number of carbonyl (C=O) groups excluding carboxylic acids is 1. The molecule has 0 spiro atoms. The number of nitrogens with zero attached hydrogens (tertiary/aromatic N) is 1. The second kappa shape index (κ2) is 5.59. The zero-order valence-electron chi connectivity index (χ0n) is 10.6. The Morgan fingerprint density at radius 2 is 2.26 bits per heavy atom. The maximum absolute atomic E-state index is 12.2. The third-order valence-corrected chi connectivity index (χ3v) is 4.21. The number of halogens is 1. The van der Waals surface area contributed by atoms with Crippen LogP contribution in [0.2, 0.25) is 0 Å². The number of ether oxygens (including phenoxy) is 1. The van der Waals surface area contributed by atoms with Gasteiger partial charge in [-0.1, -0.05) is 0 Å². The lowest BCUT2D eigenvalue weighted by Gasteiger charge is -2.20. The highest BCUT2D eigenvalue weighted by molar-refractivity contribution is 9.10. The highest BCUT2D eigenvalue weighted by Gasteiger charge is 2.35. The first kappa shape index (κ1) is 13.1. The van der Waals surface area contributed by atoms with E-state index in [-0.39, 0.29) is 17.9 Å². The molecule has 1 amide bonds. The van der Waals surface area contributed by atoms with Gasteiger partial charge in [-0.15, -0.1) is 0 Å². The number of aromatic nitrogens is 1. The van der Waals surface area contributed by atoms with Crippen LogP contribution in [0.3, 0.4) is 0 Å². The molecule has 1 aromatic rings. The number of hydrogen-bond acceptors (Lipinski definition) is 3. The summed E-state index contributed by atoms with van der Waals surface area (Å²) in [5, 5.41) is 3.18. The van der Waals surface area contributed by atoms with Crippen LogP contribution in [0.15, 0.2) is 22.9 Å². The molecule has 0 unspecified atom stereocenters. The Hall–Kier alpha value is -0.940. The normalized spacial score (nSPS) is 24.2. The molecular weight excluding hydrogens is 308 g/mol. The molecule has 1 aliphatic heterocycles. The van der Waals surface area contributed by atoms with Crippen LogP contribution in [0.1, 0.15) is 30.9 Å². The van der Waals surface area contributed by atoms with Crippen LogP contribution in [0.4, 0.5) is 0 Å². The van der Waals surface area contributed by atoms with E-state index in [2.05, 4.69) is 26.2 Å². The van der Waals surface area contributed by atoms with Crippen molar-refractivity contribution < 1.29 is 9.53 Å². The van der Waals surface area contributed by atoms with Crippen molar-refractivity contribution in [3.63, 3.8) is 0 Å². The Bertz CT molecular complexity index is 470. The van der Waals surface area contributed by atoms with Gasteiger partial charge in [-0.05, 0) is 52.7 Å². The predicted molar refractivity (Wildman–Crippen MR) is 74.5 cm³/mol. The van der Waals surface area contributed by atoms with E-state index >= 15 is 0 Å². The standard InChI is InChI=1S/C14H17BrN2O2/c15-12-5-11(6-16-7-12)13(9-1-2-9)17-14(18)10-3-4-19-8-10/h5-7,9-10,13H,1-4,8H2,(H,17,18)/t10-,13+/m0/s1. The van der Waals surface area contributed by atoms with E-state index in [4.69, 9.17) is 4.74 Å². The van der Waals surface area contributed by atoms with Gasteiger partial charge in [-0.25, -0.2) is 0 Å². The third-order valence-electron chi connectivity index (χ3n) is 3.78. The fourth-order valence-corrected chi connectivity index (χ4v) is 2.90. The molecule has 102 valence electrons. The second-order valence-corrected chi connectivity index (χ2v) is 6.24. The molecule has 1 aromatic heterocycles. The van der Waals surface area contributed by atoms with Crippen molar-refractivity contribution in [3.05, 3.63) is 28.5 Å². The molecule has 2 fully saturated rings. The van der Waals surface area contributed by atoms with Crippen LogP contribution in [-0.4, -0.2) is 24.1 Å². The molecule has 1 saturated heterocycles. The minimum Gasteiger partial charge on any atom is -0.381 e. The van der Waals surface area contributed by atoms with Crippen LogP contribution >= 0.6 is 15.9 Å². The van der Waals surface area contributed by atoms with E-state index in [1.165, 1.54) is 12.8 Å². The minimum absolute atomic E-state index is 0.0152. The number of pyridine rings is 1. The maximum Gasteiger partial charge on any atom is 0.226 e. The van der Waals surface area contributed by atoms with Crippen LogP contribution in [0.25, 0.3) is 0 Å². The summed E-state index contributed by atoms with van der Waals surface area (Å²) in [6.07, 6.45) is 6.80. The first-order valence-corrected chi connectivity index (χ1v) is 7.52. The molecule has 1 N–H and O–H groups in total. The van der Waals surface area contributed by atoms with Crippen molar-refractivity contribution in [1.29, 1.82) is 0 Å². The van der Waals surface area contributed by atoms with Crippen LogP contribution in [0.5, 0.6) is 0 Å². The lowest BCUT2D eigenvalue weighted by atomic mass is 10.0. The summed E-state index contributed by atoms with van der Waals surface area (Å²) in [6, 6.07) is 2.14. The van der Waals surface area contributed by atoms with Gasteiger partial charge < -0.3 is 10.1 Å². The number of carbonyl (C=O) groups is 1. The topological polar surface area (TPSA) is 51.2 Å². The number of hydrogen-bond donors (Lipinski definition) is 1. The first-order chi connectivity index (χ1) is 9.24. The molecule has 2 atom stereocenters. The van der Waals surface area contributed by atoms with Crippen molar-refractivity contribution in [2.24, 2.45) is 11.8 Å². The first-order valence-electron chi connectivity index (χ1n) is 6.72. The summed E-state index contributed by atoms with van der Waals surface area (Å²) in [7, 11) is 0. The minimum atomic E-state index is 0.0152. The molecule has 0 radical (unpaired) electrons. The maximum atomic E-state index is 12.2. The van der Waals surface area contributed by atoms with Gasteiger partial charge in [0.25, 0.3) is 0 Å². The van der Waals surface area contributed by atoms with Gasteiger partial charge in [-0.2, -0.15) is 0 Å². The highest BCUT2D eigenvalue weighted by Crippen LogP contribution is 2.41. The van der Waals surface area contributed by atoms with Gasteiger partial charge in [-0.3, -0.25) is 9.78 Å². The highest BCUT2D eigenvalue weighted by atomic mass is 79.9. The fourth-order valence-electron chi connectivity index (χ4n) is 2.51. The van der Waals surface area contributed by atoms with Crippen molar-refractivity contribution in [1.82, 2.24) is 10.3 Å². The lowest BCUT2D eigenvalue weighted by molar-refractivity contribution is -0.125. The Morgan fingerprint density at radius 1 is 1.42 bits per heavy atom. The SMILES string of the molecule is O=C(N[C@@H](c1cncc(Br)c1)C1CC1)[C@H]1CCOC1. The fraction of sp³-hybridized carbons (Fsp3) is 0.571. The van der Waals surface area contributed by atoms with E-state index in [1.54, 1.807) is 6.20 Å². The summed E-state index contributed by atoms with van der Waals surface area (Å²) >= 11 is 3.44. The van der Waals surface area contributed by atoms with Crippen molar-refractivity contribution in [3.8, 4) is 0 Å². The summed E-state index contributed by atoms with van der Waals surface area (Å²) in [5.41, 5.74) is 1.09. The zero-order chi connectivity index (χ0) is 13.2. The summed E-state index contributed by atoms with van der Waals surface area (Å²) in [6.45, 7) is 1.25. The monoisotopic (exact) mass is 324 g/mol. The molecular formula is C14H17BrN2O2. The molecule has 0 bridgehead atoms. The van der Waals surface area contributed by atoms with E-state index in [1.807, 2.05) is 12.3 Å². The molecule has 4 nitrogen and oxygen atoms in total. The molecule has 1 aliphatic carbocycles. The molecule has 2 aliphatic rings. The van der Waals surface area contributed by atoms with Crippen LogP contribution < -0.4 is 5.32 Å². The van der Waals surface area contributed by atoms with E-state index in [0.717, 1.165) is 16.5 Å². The average molecular weight is 325 g/mol. The molecule has 19 heavy (non-hydrogen) atoms. The van der Waals surface area contributed by atoms with Crippen molar-refractivity contribution >= 4 is 21.8 Å². The summed E-state index contributed by atoms with van der Waals surface area (Å²) in [4.78, 5) is 16.4. The smallest absolute Gasteiger partial charge is 0.226 e. The number of nitrogens with one attached hydrogen (secondary N) is 1. The third kappa shape index (κ3) is 3.15. The van der Waals surface area contributed by atoms with Gasteiger partial charge in [0.1, 0.15) is 0 Å². The Labute approximate surface area is 121 Å². The van der Waals surface area contributed by atoms with Crippen molar-refractivity contribution in [2.75, 3.05) is 13.2 Å². The Morgan fingerprint density at radius 3 is 2.89 bits per heavy atom. The van der Waals surface area contributed by atoms with Gasteiger partial charge in [0, 0.05) is 23.5 Å². The Kier molecular flexibility index (Phi) is 3.84. The number of amides is 1. The quantitative estimate of drug-likeness (QED) is 0.925. The Balaban J connectivity index is 1.72. The van der Waals surface area contributed by atoms with Gasteiger partial charge >= 0.3 is 0 Å². The lowest BCUT2D eigenvalue weighted by Crippen LogP contribution is -2.35. The second-order valence-electron chi connectivity index (χ2n) is 5.32. The van der Waals surface area contributed by atoms with E-state index in [9.17, 15) is 4.79 Å². The number of rotatable bonds is 4. The predicted octanol–water partition coefficient (Wildman–Crippen LogP) is 2.45. The summed E-state index contributed by atoms with van der Waals surface area (Å²) < 4.78 is 6.23. The summed E-state index contributed by atoms with van der Waals surface area (Å²) in [5.74, 6) is 0.693. The molecule has 3 rings (SSSR count). The van der Waals surface area contributed by atoms with Gasteiger partial charge in [0.2, 0.25) is 5.91 Å². The zero-order valence-corrected chi connectivity index (χ0v) is 12.2. The van der Waals surface area contributed by atoms with Crippen molar-refractivity contribution in [2.45, 2.75) is 25.3 Å². The van der Waals surface area contributed by atoms with Gasteiger partial charge in [0.15, 0.2) is 0 Å². The average Bonchev–Trinajstić information content (AvgIpc) is 3.09. The molecule has 0 aromatic carbocycles. The largest absolute Gasteiger partial charge is 0.381 e. The van der Waals surface area contributed by atoms with Crippen LogP contribution in [0, 0.1) is 11.8 Å². The molecule has 5 heteroatoms. The van der Waals surface area contributed by atoms with E-state index < -0.39 is 0 Å². The molecule has 1 saturated carbocycles.